The van der Waals surface area contributed by atoms with Crippen LogP contribution in [0.1, 0.15) is 34.1 Å². The van der Waals surface area contributed by atoms with Crippen molar-refractivity contribution in [3.8, 4) is 0 Å². The van der Waals surface area contributed by atoms with Crippen molar-refractivity contribution >= 4 is 5.97 Å². The van der Waals surface area contributed by atoms with Crippen LogP contribution < -0.4 is 0 Å². The molecule has 0 saturated heterocycles. The van der Waals surface area contributed by atoms with E-state index in [1.165, 1.54) is 0 Å². The molecule has 0 N–H and O–H groups in total. The summed E-state index contributed by atoms with van der Waals surface area (Å²) in [5, 5.41) is 0. The van der Waals surface area contributed by atoms with E-state index in [1.807, 2.05) is 27.7 Å². The van der Waals surface area contributed by atoms with E-state index in [4.69, 9.17) is 14.2 Å². The summed E-state index contributed by atoms with van der Waals surface area (Å²) in [6.07, 6.45) is -0.156. The Morgan fingerprint density at radius 2 is 1.87 bits per heavy atom. The second-order valence-corrected chi connectivity index (χ2v) is 3.63. The van der Waals surface area contributed by atoms with Crippen LogP contribution in [0.4, 0.5) is 0 Å². The van der Waals surface area contributed by atoms with Gasteiger partial charge in [0.1, 0.15) is 6.61 Å². The van der Waals surface area contributed by atoms with Gasteiger partial charge in [0.15, 0.2) is 0 Å². The topological polar surface area (TPSA) is 44.8 Å². The van der Waals surface area contributed by atoms with Gasteiger partial charge < -0.3 is 14.2 Å². The van der Waals surface area contributed by atoms with E-state index >= 15 is 0 Å². The number of rotatable bonds is 8. The van der Waals surface area contributed by atoms with Gasteiger partial charge in [-0.1, -0.05) is 13.8 Å². The number of esters is 1. The fourth-order valence-corrected chi connectivity index (χ4v) is 1.04. The zero-order chi connectivity index (χ0) is 11.7. The lowest BCUT2D eigenvalue weighted by Gasteiger charge is -2.17. The third kappa shape index (κ3) is 8.39. The summed E-state index contributed by atoms with van der Waals surface area (Å²) >= 11 is 0. The minimum absolute atomic E-state index is 0.233. The molecule has 1 unspecified atom stereocenters. The van der Waals surface area contributed by atoms with Crippen LogP contribution in [0.25, 0.3) is 0 Å². The lowest BCUT2D eigenvalue weighted by Crippen LogP contribution is -2.27. The molecule has 15 heavy (non-hydrogen) atoms. The van der Waals surface area contributed by atoms with Crippen molar-refractivity contribution in [3.63, 3.8) is 0 Å². The Bertz CT molecular complexity index is 168. The Morgan fingerprint density at radius 1 is 1.20 bits per heavy atom. The summed E-state index contributed by atoms with van der Waals surface area (Å²) in [5.74, 6) is 0.0648. The monoisotopic (exact) mass is 218 g/mol. The predicted molar refractivity (Wildman–Crippen MR) is 57.5 cm³/mol. The SMILES string of the molecule is CCOCC(OCC)OC(=O)CC(C)C. The molecule has 0 heterocycles. The molecule has 0 bridgehead atoms. The number of hydrogen-bond acceptors (Lipinski definition) is 4. The van der Waals surface area contributed by atoms with Gasteiger partial charge in [0, 0.05) is 19.6 Å². The van der Waals surface area contributed by atoms with Gasteiger partial charge in [0.2, 0.25) is 6.29 Å². The third-order valence-corrected chi connectivity index (χ3v) is 1.65. The Balaban J connectivity index is 3.86. The Kier molecular flexibility index (Phi) is 8.33. The van der Waals surface area contributed by atoms with Crippen molar-refractivity contribution < 1.29 is 19.0 Å². The molecule has 0 amide bonds. The summed E-state index contributed by atoms with van der Waals surface area (Å²) in [7, 11) is 0. The molecular weight excluding hydrogens is 196 g/mol. The van der Waals surface area contributed by atoms with Gasteiger partial charge in [-0.15, -0.1) is 0 Å². The lowest BCUT2D eigenvalue weighted by atomic mass is 10.1. The summed E-state index contributed by atoms with van der Waals surface area (Å²) in [6, 6.07) is 0. The van der Waals surface area contributed by atoms with Crippen LogP contribution in [0, 0.1) is 5.92 Å². The smallest absolute Gasteiger partial charge is 0.308 e. The number of carbonyl (C=O) groups excluding carboxylic acids is 1. The summed E-state index contributed by atoms with van der Waals surface area (Å²) < 4.78 is 15.5. The molecular formula is C11H22O4. The maximum absolute atomic E-state index is 11.3. The average Bonchev–Trinajstić information content (AvgIpc) is 2.13. The molecule has 0 aliphatic heterocycles. The third-order valence-electron chi connectivity index (χ3n) is 1.65. The lowest BCUT2D eigenvalue weighted by molar-refractivity contribution is -0.190. The number of hydrogen-bond donors (Lipinski definition) is 0. The highest BCUT2D eigenvalue weighted by atomic mass is 16.7. The molecule has 0 aromatic rings. The van der Waals surface area contributed by atoms with Crippen molar-refractivity contribution in [2.45, 2.75) is 40.4 Å². The molecule has 1 atom stereocenters. The highest BCUT2D eigenvalue weighted by Gasteiger charge is 2.15. The summed E-state index contributed by atoms with van der Waals surface area (Å²) in [6.45, 7) is 9.08. The molecule has 4 heteroatoms. The first-order valence-corrected chi connectivity index (χ1v) is 5.48. The molecule has 0 radical (unpaired) electrons. The molecule has 0 aliphatic carbocycles. The van der Waals surface area contributed by atoms with Gasteiger partial charge in [-0.3, -0.25) is 4.79 Å². The van der Waals surface area contributed by atoms with Crippen molar-refractivity contribution in [2.75, 3.05) is 19.8 Å². The van der Waals surface area contributed by atoms with Gasteiger partial charge in [-0.2, -0.15) is 0 Å². The van der Waals surface area contributed by atoms with Crippen LogP contribution >= 0.6 is 0 Å². The van der Waals surface area contributed by atoms with Crippen LogP contribution in [0.3, 0.4) is 0 Å². The molecule has 0 aliphatic rings. The zero-order valence-corrected chi connectivity index (χ0v) is 10.1. The summed E-state index contributed by atoms with van der Waals surface area (Å²) in [5.41, 5.74) is 0. The maximum atomic E-state index is 11.3. The first-order chi connectivity index (χ1) is 7.10. The Hall–Kier alpha value is -0.610. The quantitative estimate of drug-likeness (QED) is 0.461. The average molecular weight is 218 g/mol. The van der Waals surface area contributed by atoms with Crippen LogP contribution in [0.2, 0.25) is 0 Å². The van der Waals surface area contributed by atoms with E-state index < -0.39 is 6.29 Å². The van der Waals surface area contributed by atoms with Crippen LogP contribution in [0.15, 0.2) is 0 Å². The highest BCUT2D eigenvalue weighted by Crippen LogP contribution is 2.05. The summed E-state index contributed by atoms with van der Waals surface area (Å²) in [4.78, 5) is 11.3. The van der Waals surface area contributed by atoms with Gasteiger partial charge >= 0.3 is 5.97 Å². The zero-order valence-electron chi connectivity index (χ0n) is 10.1. The number of ether oxygens (including phenoxy) is 3. The maximum Gasteiger partial charge on any atom is 0.308 e. The van der Waals surface area contributed by atoms with Crippen molar-refractivity contribution in [3.05, 3.63) is 0 Å². The van der Waals surface area contributed by atoms with Gasteiger partial charge in [0.05, 0.1) is 0 Å². The molecule has 0 spiro atoms. The minimum atomic E-state index is -0.568. The van der Waals surface area contributed by atoms with E-state index in [-0.39, 0.29) is 5.97 Å². The van der Waals surface area contributed by atoms with E-state index in [0.29, 0.717) is 32.2 Å². The minimum Gasteiger partial charge on any atom is -0.433 e. The largest absolute Gasteiger partial charge is 0.433 e. The van der Waals surface area contributed by atoms with E-state index in [9.17, 15) is 4.79 Å². The fraction of sp³-hybridized carbons (Fsp3) is 0.909. The van der Waals surface area contributed by atoms with Gasteiger partial charge in [-0.25, -0.2) is 0 Å². The molecule has 0 aromatic heterocycles. The van der Waals surface area contributed by atoms with Gasteiger partial charge in [-0.05, 0) is 19.8 Å². The van der Waals surface area contributed by atoms with Crippen LogP contribution in [-0.2, 0) is 19.0 Å². The molecule has 0 rings (SSSR count). The molecule has 0 fully saturated rings. The number of carbonyl (C=O) groups is 1. The van der Waals surface area contributed by atoms with E-state index in [1.54, 1.807) is 0 Å². The van der Waals surface area contributed by atoms with Crippen LogP contribution in [-0.4, -0.2) is 32.1 Å². The van der Waals surface area contributed by atoms with E-state index in [0.717, 1.165) is 0 Å². The van der Waals surface area contributed by atoms with Crippen molar-refractivity contribution in [1.82, 2.24) is 0 Å². The van der Waals surface area contributed by atoms with Crippen molar-refractivity contribution in [2.24, 2.45) is 5.92 Å². The van der Waals surface area contributed by atoms with Crippen molar-refractivity contribution in [1.29, 1.82) is 0 Å². The second-order valence-electron chi connectivity index (χ2n) is 3.63. The van der Waals surface area contributed by atoms with Gasteiger partial charge in [0.25, 0.3) is 0 Å². The van der Waals surface area contributed by atoms with E-state index in [2.05, 4.69) is 0 Å². The predicted octanol–water partition coefficient (Wildman–Crippen LogP) is 1.97. The fourth-order valence-electron chi connectivity index (χ4n) is 1.04. The molecule has 4 nitrogen and oxygen atoms in total. The first-order valence-electron chi connectivity index (χ1n) is 5.48. The van der Waals surface area contributed by atoms with Crippen LogP contribution in [0.5, 0.6) is 0 Å². The normalized spacial score (nSPS) is 12.9. The Labute approximate surface area is 91.9 Å². The molecule has 0 saturated carbocycles. The first kappa shape index (κ1) is 14.4. The molecule has 90 valence electrons. The second kappa shape index (κ2) is 8.68. The Morgan fingerprint density at radius 3 is 2.33 bits per heavy atom. The standard InChI is InChI=1S/C11H22O4/c1-5-13-8-11(14-6-2)15-10(12)7-9(3)4/h9,11H,5-8H2,1-4H3. The molecule has 0 aromatic carbocycles. The highest BCUT2D eigenvalue weighted by molar-refractivity contribution is 5.69.